The van der Waals surface area contributed by atoms with Crippen molar-refractivity contribution in [3.8, 4) is 33.4 Å². The Morgan fingerprint density at radius 2 is 1.02 bits per heavy atom. The van der Waals surface area contributed by atoms with E-state index in [2.05, 4.69) is 170 Å². The van der Waals surface area contributed by atoms with Crippen LogP contribution < -0.4 is 4.90 Å². The molecule has 262 valence electrons. The van der Waals surface area contributed by atoms with Gasteiger partial charge < -0.3 is 4.90 Å². The van der Waals surface area contributed by atoms with Gasteiger partial charge >= 0.3 is 0 Å². The molecule has 0 aromatic heterocycles. The Bertz CT molecular complexity index is 2630. The molecule has 0 unspecified atom stereocenters. The second-order valence-electron chi connectivity index (χ2n) is 17.8. The Hall–Kier alpha value is -5.40. The maximum atomic E-state index is 2.57. The van der Waals surface area contributed by atoms with Crippen LogP contribution in [0.4, 0.5) is 17.1 Å². The summed E-state index contributed by atoms with van der Waals surface area (Å²) in [4.78, 5) is 2.49. The third-order valence-corrected chi connectivity index (χ3v) is 14.8. The van der Waals surface area contributed by atoms with Crippen LogP contribution in [0.25, 0.3) is 44.2 Å². The minimum Gasteiger partial charge on any atom is -0.310 e. The number of rotatable bonds is 4. The molecule has 0 N–H and O–H groups in total. The highest BCUT2D eigenvalue weighted by molar-refractivity contribution is 5.96. The van der Waals surface area contributed by atoms with Crippen LogP contribution in [-0.4, -0.2) is 0 Å². The van der Waals surface area contributed by atoms with Gasteiger partial charge in [0.25, 0.3) is 0 Å². The van der Waals surface area contributed by atoms with Gasteiger partial charge in [-0.2, -0.15) is 0 Å². The van der Waals surface area contributed by atoms with Gasteiger partial charge in [0, 0.05) is 27.8 Å². The SMILES string of the molecule is CC1(C)c2cc(N(c3ccccc3)c3ccccc3-c3ccc4c(c3)-c3ccccc3C43C4CC5CC(C4)CC3C5)ccc2-c2cc3ccccc3cc21. The summed E-state index contributed by atoms with van der Waals surface area (Å²) in [6, 6.07) is 58.0. The molecule has 0 radical (unpaired) electrons. The molecule has 1 nitrogen and oxygen atoms in total. The molecule has 0 heterocycles. The lowest BCUT2D eigenvalue weighted by Gasteiger charge is -2.61. The van der Waals surface area contributed by atoms with Crippen LogP contribution in [0.15, 0.2) is 152 Å². The number of para-hydroxylation sites is 2. The topological polar surface area (TPSA) is 3.24 Å². The third-order valence-electron chi connectivity index (χ3n) is 14.8. The minimum absolute atomic E-state index is 0.117. The molecule has 0 saturated heterocycles. The lowest BCUT2D eigenvalue weighted by Crippen LogP contribution is -2.55. The number of hydrogen-bond acceptors (Lipinski definition) is 1. The zero-order chi connectivity index (χ0) is 35.8. The first kappa shape index (κ1) is 31.0. The lowest BCUT2D eigenvalue weighted by atomic mass is 9.43. The van der Waals surface area contributed by atoms with Crippen LogP contribution in [0.1, 0.15) is 68.2 Å². The van der Waals surface area contributed by atoms with Gasteiger partial charge in [-0.3, -0.25) is 0 Å². The molecule has 54 heavy (non-hydrogen) atoms. The summed E-state index contributed by atoms with van der Waals surface area (Å²) in [5, 5.41) is 2.61. The van der Waals surface area contributed by atoms with Gasteiger partial charge in [0.15, 0.2) is 0 Å². The summed E-state index contributed by atoms with van der Waals surface area (Å²) in [5.41, 5.74) is 17.9. The fraction of sp³-hybridized carbons (Fsp3) is 0.245. The number of hydrogen-bond donors (Lipinski definition) is 0. The summed E-state index contributed by atoms with van der Waals surface area (Å²) in [6.45, 7) is 4.80. The monoisotopic (exact) mass is 695 g/mol. The van der Waals surface area contributed by atoms with E-state index in [0.717, 1.165) is 23.7 Å². The Kier molecular flexibility index (Phi) is 6.36. The summed E-state index contributed by atoms with van der Waals surface area (Å²) in [5.74, 6) is 3.44. The predicted octanol–water partition coefficient (Wildman–Crippen LogP) is 14.0. The van der Waals surface area contributed by atoms with Crippen LogP contribution in [0.3, 0.4) is 0 Å². The van der Waals surface area contributed by atoms with Gasteiger partial charge in [-0.15, -0.1) is 0 Å². The van der Waals surface area contributed by atoms with Crippen molar-refractivity contribution in [1.82, 2.24) is 0 Å². The first-order valence-corrected chi connectivity index (χ1v) is 20.4. The number of nitrogens with zero attached hydrogens (tertiary/aromatic N) is 1. The Balaban J connectivity index is 1.01. The molecule has 0 aliphatic heterocycles. The average molecular weight is 696 g/mol. The van der Waals surface area contributed by atoms with Crippen LogP contribution >= 0.6 is 0 Å². The first-order valence-electron chi connectivity index (χ1n) is 20.4. The molecular formula is C53H45N. The van der Waals surface area contributed by atoms with Crippen LogP contribution in [0.5, 0.6) is 0 Å². The summed E-state index contributed by atoms with van der Waals surface area (Å²) >= 11 is 0. The molecule has 0 amide bonds. The Morgan fingerprint density at radius 3 is 1.80 bits per heavy atom. The molecule has 4 saturated carbocycles. The van der Waals surface area contributed by atoms with Gasteiger partial charge in [-0.1, -0.05) is 117 Å². The standard InChI is InChI=1S/C53H45N/c1-52(2)49-31-36-13-7-6-12-35(36)29-46(49)44-22-21-41(32-50(44)52)54(40-14-4-3-5-15-40)51-19-11-9-16-42(51)37-20-23-48-45(30-37)43-17-8-10-18-47(43)53(48)38-25-33-24-34(27-38)28-39(53)26-33/h3-23,29-34,38-39H,24-28H2,1-2H3. The van der Waals surface area contributed by atoms with E-state index in [4.69, 9.17) is 0 Å². The molecule has 6 aliphatic carbocycles. The molecule has 4 fully saturated rings. The summed E-state index contributed by atoms with van der Waals surface area (Å²) in [7, 11) is 0. The number of anilines is 3. The molecule has 0 atom stereocenters. The first-order chi connectivity index (χ1) is 26.5. The van der Waals surface area contributed by atoms with Gasteiger partial charge in [0.1, 0.15) is 0 Å². The summed E-state index contributed by atoms with van der Waals surface area (Å²) in [6.07, 6.45) is 7.14. The predicted molar refractivity (Wildman–Crippen MR) is 225 cm³/mol. The second kappa shape index (κ2) is 11.1. The van der Waals surface area contributed by atoms with Crippen molar-refractivity contribution >= 4 is 27.8 Å². The van der Waals surface area contributed by atoms with E-state index in [-0.39, 0.29) is 10.8 Å². The van der Waals surface area contributed by atoms with Gasteiger partial charge in [-0.05, 0) is 165 Å². The average Bonchev–Trinajstić information content (AvgIpc) is 3.61. The number of fused-ring (bicyclic) bond motifs is 7. The molecule has 13 rings (SSSR count). The smallest absolute Gasteiger partial charge is 0.0540 e. The van der Waals surface area contributed by atoms with E-state index in [0.29, 0.717) is 0 Å². The van der Waals surface area contributed by atoms with Crippen LogP contribution in [0, 0.1) is 23.7 Å². The van der Waals surface area contributed by atoms with Crippen LogP contribution in [-0.2, 0) is 10.8 Å². The van der Waals surface area contributed by atoms with E-state index >= 15 is 0 Å². The normalized spacial score (nSPS) is 24.7. The van der Waals surface area contributed by atoms with E-state index in [9.17, 15) is 0 Å². The second-order valence-corrected chi connectivity index (χ2v) is 17.8. The number of benzene rings is 7. The van der Waals surface area contributed by atoms with E-state index in [1.54, 1.807) is 11.1 Å². The fourth-order valence-electron chi connectivity index (χ4n) is 12.8. The van der Waals surface area contributed by atoms with Crippen LogP contribution in [0.2, 0.25) is 0 Å². The van der Waals surface area contributed by atoms with E-state index in [1.165, 1.54) is 104 Å². The third kappa shape index (κ3) is 4.11. The van der Waals surface area contributed by atoms with Crippen molar-refractivity contribution < 1.29 is 0 Å². The molecule has 1 spiro atoms. The quantitative estimate of drug-likeness (QED) is 0.177. The fourth-order valence-corrected chi connectivity index (χ4v) is 12.8. The zero-order valence-corrected chi connectivity index (χ0v) is 31.2. The largest absolute Gasteiger partial charge is 0.310 e. The molecule has 7 aromatic rings. The maximum Gasteiger partial charge on any atom is 0.0540 e. The van der Waals surface area contributed by atoms with E-state index < -0.39 is 0 Å². The minimum atomic E-state index is -0.117. The zero-order valence-electron chi connectivity index (χ0n) is 31.2. The van der Waals surface area contributed by atoms with E-state index in [1.807, 2.05) is 0 Å². The van der Waals surface area contributed by atoms with Gasteiger partial charge in [-0.25, -0.2) is 0 Å². The van der Waals surface area contributed by atoms with Crippen molar-refractivity contribution in [2.45, 2.75) is 56.8 Å². The maximum absolute atomic E-state index is 2.57. The highest BCUT2D eigenvalue weighted by Crippen LogP contribution is 2.69. The molecule has 7 aromatic carbocycles. The van der Waals surface area contributed by atoms with Gasteiger partial charge in [0.2, 0.25) is 0 Å². The highest BCUT2D eigenvalue weighted by atomic mass is 15.1. The van der Waals surface area contributed by atoms with Crippen molar-refractivity contribution in [2.24, 2.45) is 23.7 Å². The highest BCUT2D eigenvalue weighted by Gasteiger charge is 2.61. The molecule has 4 bridgehead atoms. The van der Waals surface area contributed by atoms with Gasteiger partial charge in [0.05, 0.1) is 5.69 Å². The Labute approximate surface area is 319 Å². The van der Waals surface area contributed by atoms with Crippen molar-refractivity contribution in [3.63, 3.8) is 0 Å². The Morgan fingerprint density at radius 1 is 0.426 bits per heavy atom. The van der Waals surface area contributed by atoms with Crippen molar-refractivity contribution in [2.75, 3.05) is 4.90 Å². The molecule has 6 aliphatic rings. The van der Waals surface area contributed by atoms with Crippen molar-refractivity contribution in [3.05, 3.63) is 174 Å². The molecular weight excluding hydrogens is 651 g/mol. The van der Waals surface area contributed by atoms with Crippen molar-refractivity contribution in [1.29, 1.82) is 0 Å². The summed E-state index contributed by atoms with van der Waals surface area (Å²) < 4.78 is 0. The lowest BCUT2D eigenvalue weighted by molar-refractivity contribution is -0.0399. The molecule has 1 heteroatoms.